The van der Waals surface area contributed by atoms with E-state index in [-0.39, 0.29) is 17.1 Å². The maximum Gasteiger partial charge on any atom is 0.317 e. The zero-order valence-electron chi connectivity index (χ0n) is 13.1. The highest BCUT2D eigenvalue weighted by atomic mass is 32.2. The van der Waals surface area contributed by atoms with E-state index in [0.717, 1.165) is 0 Å². The van der Waals surface area contributed by atoms with Gasteiger partial charge in [-0.05, 0) is 25.1 Å². The number of aromatic nitrogens is 2. The lowest BCUT2D eigenvalue weighted by Gasteiger charge is -2.13. The van der Waals surface area contributed by atoms with E-state index in [9.17, 15) is 18.5 Å². The lowest BCUT2D eigenvalue weighted by molar-refractivity contribution is -0.384. The lowest BCUT2D eigenvalue weighted by atomic mass is 10.2. The highest BCUT2D eigenvalue weighted by Gasteiger charge is 2.27. The first-order chi connectivity index (χ1) is 11.9. The van der Waals surface area contributed by atoms with E-state index in [1.54, 1.807) is 18.2 Å². The molecule has 0 saturated heterocycles. The molecule has 0 aliphatic carbocycles. The summed E-state index contributed by atoms with van der Waals surface area (Å²) in [4.78, 5) is 18.6. The van der Waals surface area contributed by atoms with E-state index >= 15 is 0 Å². The molecule has 0 N–H and O–H groups in total. The van der Waals surface area contributed by atoms with E-state index in [4.69, 9.17) is 4.18 Å². The van der Waals surface area contributed by atoms with Crippen molar-refractivity contribution in [1.82, 2.24) is 9.97 Å². The molecular weight excluding hydrogens is 346 g/mol. The summed E-state index contributed by atoms with van der Waals surface area (Å²) < 4.78 is 29.9. The van der Waals surface area contributed by atoms with Crippen LogP contribution in [0.2, 0.25) is 0 Å². The van der Waals surface area contributed by atoms with Crippen molar-refractivity contribution in [3.63, 3.8) is 0 Å². The molecule has 8 nitrogen and oxygen atoms in total. The standard InChI is InChI=1S/C16H13N3O5S/c1-11(25(22,23)24-13-5-3-2-4-6-13)16-10-17-15-9-12(19(20)21)7-8-14(15)18-16/h2-11H,1H3. The molecule has 1 heterocycles. The molecule has 0 amide bonds. The van der Waals surface area contributed by atoms with Gasteiger partial charge in [-0.2, -0.15) is 8.42 Å². The van der Waals surface area contributed by atoms with Crippen LogP contribution in [0.25, 0.3) is 11.0 Å². The molecule has 3 rings (SSSR count). The number of hydrogen-bond donors (Lipinski definition) is 0. The summed E-state index contributed by atoms with van der Waals surface area (Å²) in [6.45, 7) is 1.44. The third-order valence-electron chi connectivity index (χ3n) is 3.56. The Hall–Kier alpha value is -3.07. The maximum absolute atomic E-state index is 12.4. The van der Waals surface area contributed by atoms with Crippen LogP contribution in [0.15, 0.2) is 54.7 Å². The Morgan fingerprint density at radius 1 is 1.12 bits per heavy atom. The van der Waals surface area contributed by atoms with Crippen LogP contribution < -0.4 is 4.18 Å². The molecule has 0 radical (unpaired) electrons. The van der Waals surface area contributed by atoms with Crippen LogP contribution in [0.5, 0.6) is 5.75 Å². The van der Waals surface area contributed by atoms with Gasteiger partial charge in [0.25, 0.3) is 5.69 Å². The van der Waals surface area contributed by atoms with Crippen LogP contribution >= 0.6 is 0 Å². The van der Waals surface area contributed by atoms with Gasteiger partial charge in [-0.25, -0.2) is 4.98 Å². The van der Waals surface area contributed by atoms with Crippen LogP contribution in [0.3, 0.4) is 0 Å². The van der Waals surface area contributed by atoms with Gasteiger partial charge in [0.2, 0.25) is 0 Å². The molecule has 0 spiro atoms. The van der Waals surface area contributed by atoms with Gasteiger partial charge < -0.3 is 4.18 Å². The number of fused-ring (bicyclic) bond motifs is 1. The van der Waals surface area contributed by atoms with E-state index in [0.29, 0.717) is 11.0 Å². The summed E-state index contributed by atoms with van der Waals surface area (Å²) in [5, 5.41) is 9.73. The normalized spacial score (nSPS) is 12.7. The van der Waals surface area contributed by atoms with Crippen molar-refractivity contribution in [3.05, 3.63) is 70.5 Å². The van der Waals surface area contributed by atoms with Gasteiger partial charge in [0.05, 0.1) is 27.8 Å². The average Bonchev–Trinajstić information content (AvgIpc) is 2.60. The third kappa shape index (κ3) is 3.56. The van der Waals surface area contributed by atoms with Crippen LogP contribution in [-0.4, -0.2) is 23.3 Å². The van der Waals surface area contributed by atoms with Crippen LogP contribution in [-0.2, 0) is 10.1 Å². The Morgan fingerprint density at radius 2 is 1.84 bits per heavy atom. The number of benzene rings is 2. The van der Waals surface area contributed by atoms with Crippen LogP contribution in [0.4, 0.5) is 5.69 Å². The Kier molecular flexibility index (Phi) is 4.32. The molecule has 0 aliphatic rings. The van der Waals surface area contributed by atoms with E-state index in [1.807, 2.05) is 0 Å². The summed E-state index contributed by atoms with van der Waals surface area (Å²) in [5.41, 5.74) is 0.760. The van der Waals surface area contributed by atoms with Crippen LogP contribution in [0.1, 0.15) is 17.9 Å². The largest absolute Gasteiger partial charge is 0.382 e. The minimum Gasteiger partial charge on any atom is -0.382 e. The second-order valence-corrected chi connectivity index (χ2v) is 7.12. The maximum atomic E-state index is 12.4. The smallest absolute Gasteiger partial charge is 0.317 e. The molecule has 0 aliphatic heterocycles. The molecule has 1 atom stereocenters. The van der Waals surface area contributed by atoms with Crippen molar-refractivity contribution in [2.45, 2.75) is 12.2 Å². The van der Waals surface area contributed by atoms with Gasteiger partial charge >= 0.3 is 10.1 Å². The molecule has 0 fully saturated rings. The number of nitrogens with zero attached hydrogens (tertiary/aromatic N) is 3. The van der Waals surface area contributed by atoms with Gasteiger partial charge in [0.1, 0.15) is 11.0 Å². The molecule has 1 aromatic heterocycles. The molecule has 1 unspecified atom stereocenters. The van der Waals surface area contributed by atoms with Crippen molar-refractivity contribution in [2.24, 2.45) is 0 Å². The first-order valence-corrected chi connectivity index (χ1v) is 8.73. The number of hydrogen-bond acceptors (Lipinski definition) is 7. The number of nitro groups is 1. The first kappa shape index (κ1) is 16.8. The zero-order valence-corrected chi connectivity index (χ0v) is 13.9. The highest BCUT2D eigenvalue weighted by molar-refractivity contribution is 7.87. The van der Waals surface area contributed by atoms with Gasteiger partial charge in [0.15, 0.2) is 0 Å². The second-order valence-electron chi connectivity index (χ2n) is 5.26. The number of nitro benzene ring substituents is 1. The van der Waals surface area contributed by atoms with Gasteiger partial charge in [0, 0.05) is 12.1 Å². The van der Waals surface area contributed by atoms with Gasteiger partial charge in [-0.3, -0.25) is 15.1 Å². The van der Waals surface area contributed by atoms with Gasteiger partial charge in [-0.1, -0.05) is 18.2 Å². The summed E-state index contributed by atoms with van der Waals surface area (Å²) in [6, 6.07) is 12.2. The second kappa shape index (κ2) is 6.44. The van der Waals surface area contributed by atoms with E-state index in [2.05, 4.69) is 9.97 Å². The molecule has 3 aromatic rings. The Morgan fingerprint density at radius 3 is 2.52 bits per heavy atom. The number of non-ortho nitro benzene ring substituents is 1. The van der Waals surface area contributed by atoms with Gasteiger partial charge in [-0.15, -0.1) is 0 Å². The van der Waals surface area contributed by atoms with Crippen molar-refractivity contribution in [2.75, 3.05) is 0 Å². The molecule has 128 valence electrons. The van der Waals surface area contributed by atoms with Crippen molar-refractivity contribution in [1.29, 1.82) is 0 Å². The first-order valence-electron chi connectivity index (χ1n) is 7.26. The third-order valence-corrected chi connectivity index (χ3v) is 5.09. The van der Waals surface area contributed by atoms with Crippen LogP contribution in [0, 0.1) is 10.1 Å². The van der Waals surface area contributed by atoms with Crippen molar-refractivity contribution >= 4 is 26.8 Å². The summed E-state index contributed by atoms with van der Waals surface area (Å²) in [7, 11) is -3.97. The van der Waals surface area contributed by atoms with E-state index < -0.39 is 20.3 Å². The number of para-hydroxylation sites is 1. The monoisotopic (exact) mass is 359 g/mol. The Labute approximate surface area is 143 Å². The fraction of sp³-hybridized carbons (Fsp3) is 0.125. The average molecular weight is 359 g/mol. The minimum atomic E-state index is -3.97. The summed E-state index contributed by atoms with van der Waals surface area (Å²) >= 11 is 0. The fourth-order valence-corrected chi connectivity index (χ4v) is 3.09. The molecule has 0 bridgehead atoms. The molecule has 2 aromatic carbocycles. The topological polar surface area (TPSA) is 112 Å². The van der Waals surface area contributed by atoms with Crippen molar-refractivity contribution in [3.8, 4) is 5.75 Å². The predicted molar refractivity (Wildman–Crippen MR) is 90.6 cm³/mol. The van der Waals surface area contributed by atoms with Crippen molar-refractivity contribution < 1.29 is 17.5 Å². The molecule has 0 saturated carbocycles. The molecule has 25 heavy (non-hydrogen) atoms. The quantitative estimate of drug-likeness (QED) is 0.391. The fourth-order valence-electron chi connectivity index (χ4n) is 2.15. The molecule has 9 heteroatoms. The summed E-state index contributed by atoms with van der Waals surface area (Å²) in [6.07, 6.45) is 1.28. The Balaban J connectivity index is 1.92. The minimum absolute atomic E-state index is 0.109. The zero-order chi connectivity index (χ0) is 18.0. The predicted octanol–water partition coefficient (Wildman–Crippen LogP) is 3.01. The SMILES string of the molecule is CC(c1cnc2cc([N+](=O)[O-])ccc2n1)S(=O)(=O)Oc1ccccc1. The molecular formula is C16H13N3O5S. The highest BCUT2D eigenvalue weighted by Crippen LogP contribution is 2.26. The summed E-state index contributed by atoms with van der Waals surface area (Å²) in [5.74, 6) is 0.207. The van der Waals surface area contributed by atoms with E-state index in [1.165, 1.54) is 43.5 Å². The lowest BCUT2D eigenvalue weighted by Crippen LogP contribution is -2.18. The number of rotatable bonds is 5. The Bertz CT molecular complexity index is 1040.